The normalized spacial score (nSPS) is 27.4. The first kappa shape index (κ1) is 15.0. The van der Waals surface area contributed by atoms with E-state index >= 15 is 0 Å². The van der Waals surface area contributed by atoms with Crippen LogP contribution in [0.4, 0.5) is 4.79 Å². The topological polar surface area (TPSA) is 41.6 Å². The molecular formula is C14H26N2O2S. The Hall–Kier alpha value is -0.420. The van der Waals surface area contributed by atoms with E-state index in [1.165, 1.54) is 6.42 Å². The van der Waals surface area contributed by atoms with Crippen molar-refractivity contribution >= 4 is 17.9 Å². The largest absolute Gasteiger partial charge is 0.444 e. The van der Waals surface area contributed by atoms with Gasteiger partial charge in [0.05, 0.1) is 4.87 Å². The highest BCUT2D eigenvalue weighted by Gasteiger charge is 2.40. The Bertz CT molecular complexity index is 333. The number of rotatable bonds is 0. The van der Waals surface area contributed by atoms with Crippen LogP contribution in [0, 0.1) is 0 Å². The molecule has 2 aliphatic heterocycles. The Labute approximate surface area is 120 Å². The first-order valence-corrected chi connectivity index (χ1v) is 8.08. The van der Waals surface area contributed by atoms with E-state index < -0.39 is 5.60 Å². The van der Waals surface area contributed by atoms with E-state index in [4.69, 9.17) is 4.74 Å². The van der Waals surface area contributed by atoms with E-state index in [2.05, 4.69) is 12.2 Å². The first-order valence-electron chi connectivity index (χ1n) is 7.20. The highest BCUT2D eigenvalue weighted by Crippen LogP contribution is 2.40. The van der Waals surface area contributed by atoms with Gasteiger partial charge in [-0.05, 0) is 46.6 Å². The highest BCUT2D eigenvalue weighted by atomic mass is 32.2. The molecule has 0 radical (unpaired) electrons. The number of nitrogens with zero attached hydrogens (tertiary/aromatic N) is 1. The number of nitrogens with one attached hydrogen (secondary N) is 1. The van der Waals surface area contributed by atoms with Gasteiger partial charge in [0.15, 0.2) is 0 Å². The van der Waals surface area contributed by atoms with Crippen molar-refractivity contribution in [3.05, 3.63) is 0 Å². The molecular weight excluding hydrogens is 260 g/mol. The summed E-state index contributed by atoms with van der Waals surface area (Å²) in [4.78, 5) is 14.1. The van der Waals surface area contributed by atoms with Gasteiger partial charge in [-0.25, -0.2) is 4.79 Å². The summed E-state index contributed by atoms with van der Waals surface area (Å²) in [6.45, 7) is 10.7. The van der Waals surface area contributed by atoms with Crippen molar-refractivity contribution in [1.82, 2.24) is 10.2 Å². The highest BCUT2D eigenvalue weighted by molar-refractivity contribution is 8.01. The summed E-state index contributed by atoms with van der Waals surface area (Å²) < 4.78 is 5.43. The molecule has 0 aromatic carbocycles. The van der Waals surface area contributed by atoms with Gasteiger partial charge in [0.25, 0.3) is 0 Å². The minimum atomic E-state index is -0.404. The fourth-order valence-electron chi connectivity index (χ4n) is 2.66. The van der Waals surface area contributed by atoms with Crippen molar-refractivity contribution in [3.8, 4) is 0 Å². The average Bonchev–Trinajstić information content (AvgIpc) is 2.27. The van der Waals surface area contributed by atoms with Gasteiger partial charge in [0, 0.05) is 18.3 Å². The van der Waals surface area contributed by atoms with Crippen LogP contribution in [0.25, 0.3) is 0 Å². The van der Waals surface area contributed by atoms with E-state index in [-0.39, 0.29) is 11.0 Å². The summed E-state index contributed by atoms with van der Waals surface area (Å²) >= 11 is 2.05. The van der Waals surface area contributed by atoms with E-state index in [9.17, 15) is 4.79 Å². The number of hydrogen-bond donors (Lipinski definition) is 1. The summed E-state index contributed by atoms with van der Waals surface area (Å²) in [5.74, 6) is 0. The van der Waals surface area contributed by atoms with Gasteiger partial charge in [0.1, 0.15) is 5.60 Å². The standard InChI is InChI=1S/C14H26N2O2S/c1-11-5-8-15-14(19-11)6-9-16(10-7-14)12(17)18-13(2,3)4/h11,15H,5-10H2,1-4H3. The molecule has 0 bridgehead atoms. The van der Waals surface area contributed by atoms with E-state index in [1.54, 1.807) is 0 Å². The molecule has 19 heavy (non-hydrogen) atoms. The summed E-state index contributed by atoms with van der Waals surface area (Å²) in [6.07, 6.45) is 3.10. The van der Waals surface area contributed by atoms with Crippen LogP contribution in [0.5, 0.6) is 0 Å². The number of piperidine rings is 1. The number of thioether (sulfide) groups is 1. The number of likely N-dealkylation sites (tertiary alicyclic amines) is 1. The van der Waals surface area contributed by atoms with Gasteiger partial charge in [-0.1, -0.05) is 6.92 Å². The Morgan fingerprint density at radius 3 is 2.53 bits per heavy atom. The minimum Gasteiger partial charge on any atom is -0.444 e. The molecule has 2 saturated heterocycles. The second-order valence-electron chi connectivity index (χ2n) is 6.61. The van der Waals surface area contributed by atoms with Gasteiger partial charge in [-0.3, -0.25) is 0 Å². The summed E-state index contributed by atoms with van der Waals surface area (Å²) in [6, 6.07) is 0. The molecule has 1 spiro atoms. The quantitative estimate of drug-likeness (QED) is 0.743. The molecule has 2 fully saturated rings. The molecule has 2 aliphatic rings. The van der Waals surface area contributed by atoms with Crippen molar-refractivity contribution in [3.63, 3.8) is 0 Å². The van der Waals surface area contributed by atoms with Crippen LogP contribution in [-0.2, 0) is 4.74 Å². The SMILES string of the molecule is CC1CCNC2(CCN(C(=O)OC(C)(C)C)CC2)S1. The van der Waals surface area contributed by atoms with Crippen LogP contribution in [0.15, 0.2) is 0 Å². The number of hydrogen-bond acceptors (Lipinski definition) is 4. The minimum absolute atomic E-state index is 0.170. The Morgan fingerprint density at radius 2 is 2.00 bits per heavy atom. The second kappa shape index (κ2) is 5.52. The average molecular weight is 286 g/mol. The van der Waals surface area contributed by atoms with Crippen molar-refractivity contribution in [2.24, 2.45) is 0 Å². The molecule has 2 heterocycles. The number of carbonyl (C=O) groups excluding carboxylic acids is 1. The Balaban J connectivity index is 1.87. The molecule has 1 atom stereocenters. The number of carbonyl (C=O) groups is 1. The summed E-state index contributed by atoms with van der Waals surface area (Å²) in [5.41, 5.74) is -0.404. The van der Waals surface area contributed by atoms with Gasteiger partial charge in [-0.15, -0.1) is 11.8 Å². The van der Waals surface area contributed by atoms with Gasteiger partial charge in [-0.2, -0.15) is 0 Å². The lowest BCUT2D eigenvalue weighted by molar-refractivity contribution is 0.0186. The molecule has 5 heteroatoms. The maximum atomic E-state index is 12.0. The molecule has 2 rings (SSSR count). The molecule has 0 aliphatic carbocycles. The lowest BCUT2D eigenvalue weighted by atomic mass is 10.0. The van der Waals surface area contributed by atoms with Crippen LogP contribution in [0.1, 0.15) is 47.0 Å². The van der Waals surface area contributed by atoms with E-state index in [1.807, 2.05) is 37.4 Å². The lowest BCUT2D eigenvalue weighted by Crippen LogP contribution is -2.55. The van der Waals surface area contributed by atoms with Crippen molar-refractivity contribution < 1.29 is 9.53 Å². The predicted octanol–water partition coefficient (Wildman–Crippen LogP) is 2.83. The van der Waals surface area contributed by atoms with E-state index in [0.29, 0.717) is 5.25 Å². The van der Waals surface area contributed by atoms with Crippen LogP contribution < -0.4 is 5.32 Å². The molecule has 0 aromatic heterocycles. The molecule has 1 amide bonds. The Kier molecular flexibility index (Phi) is 4.35. The molecule has 1 unspecified atom stereocenters. The third-order valence-corrected chi connectivity index (χ3v) is 5.29. The maximum absolute atomic E-state index is 12.0. The van der Waals surface area contributed by atoms with Crippen LogP contribution in [0.2, 0.25) is 0 Å². The van der Waals surface area contributed by atoms with Crippen molar-refractivity contribution in [1.29, 1.82) is 0 Å². The van der Waals surface area contributed by atoms with Crippen LogP contribution >= 0.6 is 11.8 Å². The van der Waals surface area contributed by atoms with Gasteiger partial charge >= 0.3 is 6.09 Å². The molecule has 0 saturated carbocycles. The van der Waals surface area contributed by atoms with Crippen molar-refractivity contribution in [2.75, 3.05) is 19.6 Å². The molecule has 0 aromatic rings. The lowest BCUT2D eigenvalue weighted by Gasteiger charge is -2.46. The molecule has 4 nitrogen and oxygen atoms in total. The van der Waals surface area contributed by atoms with Crippen LogP contribution in [0.3, 0.4) is 0 Å². The maximum Gasteiger partial charge on any atom is 0.410 e. The molecule has 110 valence electrons. The third kappa shape index (κ3) is 4.02. The monoisotopic (exact) mass is 286 g/mol. The zero-order valence-electron chi connectivity index (χ0n) is 12.5. The third-order valence-electron chi connectivity index (χ3n) is 3.65. The summed E-state index contributed by atoms with van der Waals surface area (Å²) in [5, 5.41) is 4.37. The summed E-state index contributed by atoms with van der Waals surface area (Å²) in [7, 11) is 0. The van der Waals surface area contributed by atoms with Gasteiger partial charge < -0.3 is 15.0 Å². The zero-order valence-corrected chi connectivity index (χ0v) is 13.3. The number of ether oxygens (including phenoxy) is 1. The predicted molar refractivity (Wildman–Crippen MR) is 79.4 cm³/mol. The van der Waals surface area contributed by atoms with Crippen molar-refractivity contribution in [2.45, 2.75) is 62.7 Å². The first-order chi connectivity index (χ1) is 8.80. The van der Waals surface area contributed by atoms with Crippen LogP contribution in [-0.4, -0.2) is 46.3 Å². The van der Waals surface area contributed by atoms with E-state index in [0.717, 1.165) is 32.5 Å². The number of amides is 1. The molecule has 1 N–H and O–H groups in total. The fraction of sp³-hybridized carbons (Fsp3) is 0.929. The zero-order chi connectivity index (χ0) is 14.1. The second-order valence-corrected chi connectivity index (χ2v) is 8.43. The Morgan fingerprint density at radius 1 is 1.37 bits per heavy atom. The fourth-order valence-corrected chi connectivity index (χ4v) is 4.27. The van der Waals surface area contributed by atoms with Gasteiger partial charge in [0.2, 0.25) is 0 Å². The smallest absolute Gasteiger partial charge is 0.410 e.